The lowest BCUT2D eigenvalue weighted by Crippen LogP contribution is -2.18. The Balaban J connectivity index is 2.07. The molecular weight excluding hydrogens is 415 g/mol. The summed E-state index contributed by atoms with van der Waals surface area (Å²) in [7, 11) is 0. The van der Waals surface area contributed by atoms with Crippen LogP contribution in [0.25, 0.3) is 0 Å². The Bertz CT molecular complexity index is 707. The highest BCUT2D eigenvalue weighted by Crippen LogP contribution is 2.38. The van der Waals surface area contributed by atoms with Gasteiger partial charge in [-0.05, 0) is 36.4 Å². The van der Waals surface area contributed by atoms with Crippen molar-refractivity contribution >= 4 is 50.9 Å². The quantitative estimate of drug-likeness (QED) is 0.624. The number of carbonyl (C=O) groups is 1. The smallest absolute Gasteiger partial charge is 0.324 e. The maximum atomic E-state index is 12.9. The number of hydrogen-bond acceptors (Lipinski definition) is 2. The molecular formula is C15H10BrClF3NOS. The Hall–Kier alpha value is -1.18. The van der Waals surface area contributed by atoms with Gasteiger partial charge in [0.2, 0.25) is 5.91 Å². The zero-order chi connectivity index (χ0) is 17.0. The zero-order valence-electron chi connectivity index (χ0n) is 11.5. The van der Waals surface area contributed by atoms with Gasteiger partial charge in [-0.1, -0.05) is 33.6 Å². The molecule has 0 atom stereocenters. The van der Waals surface area contributed by atoms with E-state index in [1.807, 2.05) is 12.1 Å². The summed E-state index contributed by atoms with van der Waals surface area (Å²) in [6.07, 6.45) is -4.59. The first-order valence-electron chi connectivity index (χ1n) is 6.31. The van der Waals surface area contributed by atoms with Crippen LogP contribution in [0, 0.1) is 0 Å². The molecule has 0 radical (unpaired) electrons. The van der Waals surface area contributed by atoms with Crippen molar-refractivity contribution in [3.05, 3.63) is 57.5 Å². The van der Waals surface area contributed by atoms with Gasteiger partial charge in [0.15, 0.2) is 0 Å². The molecule has 0 aromatic heterocycles. The first-order chi connectivity index (χ1) is 10.8. The van der Waals surface area contributed by atoms with Crippen LogP contribution in [0.1, 0.15) is 5.56 Å². The molecule has 1 N–H and O–H groups in total. The SMILES string of the molecule is O=C(CSc1ccc(Br)cc1)Nc1c(Cl)cccc1C(F)(F)F. The third-order valence-electron chi connectivity index (χ3n) is 2.77. The van der Waals surface area contributed by atoms with Crippen LogP contribution in [0.2, 0.25) is 5.02 Å². The summed E-state index contributed by atoms with van der Waals surface area (Å²) in [5.74, 6) is -0.582. The van der Waals surface area contributed by atoms with Gasteiger partial charge >= 0.3 is 6.18 Å². The van der Waals surface area contributed by atoms with Gasteiger partial charge < -0.3 is 5.32 Å². The molecule has 2 aromatic rings. The molecule has 2 nitrogen and oxygen atoms in total. The predicted molar refractivity (Wildman–Crippen MR) is 89.9 cm³/mol. The van der Waals surface area contributed by atoms with Crippen LogP contribution in [0.5, 0.6) is 0 Å². The summed E-state index contributed by atoms with van der Waals surface area (Å²) in [5.41, 5.74) is -1.38. The van der Waals surface area contributed by atoms with Crippen molar-refractivity contribution < 1.29 is 18.0 Å². The molecule has 0 aliphatic carbocycles. The Labute approximate surface area is 148 Å². The van der Waals surface area contributed by atoms with E-state index in [4.69, 9.17) is 11.6 Å². The van der Waals surface area contributed by atoms with E-state index in [2.05, 4.69) is 21.2 Å². The molecule has 0 aliphatic rings. The number of rotatable bonds is 4. The van der Waals surface area contributed by atoms with Crippen LogP contribution >= 0.6 is 39.3 Å². The summed E-state index contributed by atoms with van der Waals surface area (Å²) in [4.78, 5) is 12.7. The Morgan fingerprint density at radius 1 is 1.17 bits per heavy atom. The topological polar surface area (TPSA) is 29.1 Å². The number of alkyl halides is 3. The van der Waals surface area contributed by atoms with Gasteiger partial charge in [-0.3, -0.25) is 4.79 Å². The maximum Gasteiger partial charge on any atom is 0.418 e. The van der Waals surface area contributed by atoms with Gasteiger partial charge in [0.1, 0.15) is 0 Å². The molecule has 0 saturated carbocycles. The number of hydrogen-bond donors (Lipinski definition) is 1. The number of halogens is 5. The van der Waals surface area contributed by atoms with E-state index in [0.29, 0.717) is 0 Å². The molecule has 2 rings (SSSR count). The molecule has 2 aromatic carbocycles. The molecule has 122 valence electrons. The van der Waals surface area contributed by atoms with Crippen molar-refractivity contribution in [3.63, 3.8) is 0 Å². The fourth-order valence-corrected chi connectivity index (χ4v) is 2.93. The molecule has 0 fully saturated rings. The minimum absolute atomic E-state index is 0.0237. The van der Waals surface area contributed by atoms with E-state index in [0.717, 1.165) is 15.4 Å². The minimum atomic E-state index is -4.59. The molecule has 1 amide bonds. The van der Waals surface area contributed by atoms with Crippen molar-refractivity contribution in [2.24, 2.45) is 0 Å². The number of thioether (sulfide) groups is 1. The largest absolute Gasteiger partial charge is 0.418 e. The van der Waals surface area contributed by atoms with Crippen molar-refractivity contribution in [3.8, 4) is 0 Å². The Kier molecular flexibility index (Phi) is 6.00. The number of nitrogens with one attached hydrogen (secondary N) is 1. The molecule has 23 heavy (non-hydrogen) atoms. The Morgan fingerprint density at radius 2 is 1.83 bits per heavy atom. The van der Waals surface area contributed by atoms with E-state index in [-0.39, 0.29) is 10.8 Å². The van der Waals surface area contributed by atoms with Gasteiger partial charge in [-0.25, -0.2) is 0 Å². The molecule has 0 bridgehead atoms. The number of anilines is 1. The first kappa shape index (κ1) is 18.2. The van der Waals surface area contributed by atoms with E-state index in [1.54, 1.807) is 12.1 Å². The Morgan fingerprint density at radius 3 is 2.43 bits per heavy atom. The van der Waals surface area contributed by atoms with Crippen LogP contribution in [-0.4, -0.2) is 11.7 Å². The summed E-state index contributed by atoms with van der Waals surface area (Å²) >= 11 is 10.3. The predicted octanol–water partition coefficient (Wildman–Crippen LogP) is 5.85. The average molecular weight is 425 g/mol. The van der Waals surface area contributed by atoms with Crippen molar-refractivity contribution in [2.75, 3.05) is 11.1 Å². The zero-order valence-corrected chi connectivity index (χ0v) is 14.6. The van der Waals surface area contributed by atoms with Crippen LogP contribution in [-0.2, 0) is 11.0 Å². The summed E-state index contributed by atoms with van der Waals surface area (Å²) in [6.45, 7) is 0. The molecule has 0 spiro atoms. The molecule has 0 aliphatic heterocycles. The van der Waals surface area contributed by atoms with Gasteiger partial charge in [0, 0.05) is 9.37 Å². The van der Waals surface area contributed by atoms with Gasteiger partial charge in [0.25, 0.3) is 0 Å². The third-order valence-corrected chi connectivity index (χ3v) is 4.62. The lowest BCUT2D eigenvalue weighted by molar-refractivity contribution is -0.137. The number of carbonyl (C=O) groups excluding carboxylic acids is 1. The van der Waals surface area contributed by atoms with Gasteiger partial charge in [0.05, 0.1) is 22.0 Å². The maximum absolute atomic E-state index is 12.9. The lowest BCUT2D eigenvalue weighted by Gasteiger charge is -2.15. The highest BCUT2D eigenvalue weighted by molar-refractivity contribution is 9.10. The summed E-state index contributed by atoms with van der Waals surface area (Å²) in [5, 5.41) is 2.09. The van der Waals surface area contributed by atoms with E-state index >= 15 is 0 Å². The molecule has 0 heterocycles. The van der Waals surface area contributed by atoms with Crippen molar-refractivity contribution in [1.82, 2.24) is 0 Å². The standard InChI is InChI=1S/C15H10BrClF3NOS/c16-9-4-6-10(7-5-9)23-8-13(22)21-14-11(15(18,19)20)2-1-3-12(14)17/h1-7H,8H2,(H,21,22). The summed E-state index contributed by atoms with van der Waals surface area (Å²) < 4.78 is 39.7. The molecule has 0 unspecified atom stereocenters. The number of amides is 1. The van der Waals surface area contributed by atoms with E-state index < -0.39 is 23.3 Å². The second-order valence-corrected chi connectivity index (χ2v) is 6.82. The highest BCUT2D eigenvalue weighted by atomic mass is 79.9. The average Bonchev–Trinajstić information content (AvgIpc) is 2.47. The van der Waals surface area contributed by atoms with Gasteiger partial charge in [-0.15, -0.1) is 11.8 Å². The second-order valence-electron chi connectivity index (χ2n) is 4.45. The summed E-state index contributed by atoms with van der Waals surface area (Å²) in [6, 6.07) is 10.6. The van der Waals surface area contributed by atoms with Crippen LogP contribution in [0.3, 0.4) is 0 Å². The number of benzene rings is 2. The third kappa shape index (κ3) is 5.16. The highest BCUT2D eigenvalue weighted by Gasteiger charge is 2.34. The molecule has 8 heteroatoms. The van der Waals surface area contributed by atoms with Crippen LogP contribution < -0.4 is 5.32 Å². The fraction of sp³-hybridized carbons (Fsp3) is 0.133. The van der Waals surface area contributed by atoms with E-state index in [9.17, 15) is 18.0 Å². The van der Waals surface area contributed by atoms with E-state index in [1.165, 1.54) is 23.9 Å². The van der Waals surface area contributed by atoms with Crippen LogP contribution in [0.4, 0.5) is 18.9 Å². The van der Waals surface area contributed by atoms with Gasteiger partial charge in [-0.2, -0.15) is 13.2 Å². The fourth-order valence-electron chi connectivity index (χ4n) is 1.74. The first-order valence-corrected chi connectivity index (χ1v) is 8.47. The minimum Gasteiger partial charge on any atom is -0.324 e. The van der Waals surface area contributed by atoms with Crippen molar-refractivity contribution in [1.29, 1.82) is 0 Å². The monoisotopic (exact) mass is 423 g/mol. The lowest BCUT2D eigenvalue weighted by atomic mass is 10.1. The van der Waals surface area contributed by atoms with Crippen molar-refractivity contribution in [2.45, 2.75) is 11.1 Å². The second kappa shape index (κ2) is 7.59. The molecule has 0 saturated heterocycles. The van der Waals surface area contributed by atoms with Crippen LogP contribution in [0.15, 0.2) is 51.8 Å². The normalized spacial score (nSPS) is 11.3. The number of para-hydroxylation sites is 1.